The number of likely N-dealkylation sites (tertiary alicyclic amines) is 1. The second-order valence-electron chi connectivity index (χ2n) is 8.40. The van der Waals surface area contributed by atoms with Crippen LogP contribution in [-0.4, -0.2) is 54.7 Å². The Bertz CT molecular complexity index is 858. The molecule has 1 fully saturated rings. The summed E-state index contributed by atoms with van der Waals surface area (Å²) in [5, 5.41) is 10.6. The van der Waals surface area contributed by atoms with Crippen LogP contribution in [0.3, 0.4) is 0 Å². The minimum absolute atomic E-state index is 0.110. The molecule has 0 bridgehead atoms. The van der Waals surface area contributed by atoms with Gasteiger partial charge in [-0.15, -0.1) is 0 Å². The van der Waals surface area contributed by atoms with Gasteiger partial charge >= 0.3 is 0 Å². The van der Waals surface area contributed by atoms with Crippen LogP contribution in [0.5, 0.6) is 0 Å². The molecule has 0 saturated carbocycles. The number of aliphatic hydroxyl groups is 1. The summed E-state index contributed by atoms with van der Waals surface area (Å²) >= 11 is 6.70. The number of carbonyl (C=O) groups excluding carboxylic acids is 1. The van der Waals surface area contributed by atoms with Gasteiger partial charge in [-0.05, 0) is 32.4 Å². The highest BCUT2D eigenvalue weighted by molar-refractivity contribution is 6.33. The average Bonchev–Trinajstić information content (AvgIpc) is 3.10. The predicted octanol–water partition coefficient (Wildman–Crippen LogP) is 3.59. The fraction of sp³-hybridized carbons (Fsp3) is 0.435. The van der Waals surface area contributed by atoms with Gasteiger partial charge in [0.05, 0.1) is 25.7 Å². The Kier molecular flexibility index (Phi) is 6.64. The molecule has 1 aliphatic rings. The molecule has 1 amide bonds. The van der Waals surface area contributed by atoms with E-state index in [0.29, 0.717) is 21.6 Å². The molecule has 3 rings (SSSR count). The van der Waals surface area contributed by atoms with Gasteiger partial charge in [0.15, 0.2) is 5.69 Å². The van der Waals surface area contributed by atoms with Crippen LogP contribution in [0.25, 0.3) is 0 Å². The van der Waals surface area contributed by atoms with Crippen LogP contribution in [-0.2, 0) is 0 Å². The number of amides is 1. The highest BCUT2D eigenvalue weighted by Crippen LogP contribution is 2.41. The van der Waals surface area contributed by atoms with E-state index in [-0.39, 0.29) is 18.2 Å². The van der Waals surface area contributed by atoms with Gasteiger partial charge in [-0.1, -0.05) is 41.9 Å². The van der Waals surface area contributed by atoms with Crippen molar-refractivity contribution in [1.82, 2.24) is 9.38 Å². The molecule has 0 spiro atoms. The monoisotopic (exact) mass is 416 g/mol. The van der Waals surface area contributed by atoms with E-state index in [0.717, 1.165) is 25.2 Å². The summed E-state index contributed by atoms with van der Waals surface area (Å²) in [5.41, 5.74) is 8.03. The van der Waals surface area contributed by atoms with Crippen LogP contribution in [0.1, 0.15) is 42.2 Å². The van der Waals surface area contributed by atoms with Gasteiger partial charge in [0.2, 0.25) is 5.91 Å². The number of hydrogen-bond donors (Lipinski definition) is 2. The Hall–Kier alpha value is -1.92. The van der Waals surface area contributed by atoms with Crippen LogP contribution in [0, 0.1) is 0 Å². The number of halogens is 1. The molecule has 29 heavy (non-hydrogen) atoms. The van der Waals surface area contributed by atoms with Crippen molar-refractivity contribution in [3.63, 3.8) is 0 Å². The number of nitrogens with two attached hydrogens (primary N) is 1. The first-order valence-electron chi connectivity index (χ1n) is 10.1. The van der Waals surface area contributed by atoms with Crippen molar-refractivity contribution in [3.05, 3.63) is 64.7 Å². The quantitative estimate of drug-likeness (QED) is 0.678. The third-order valence-electron chi connectivity index (χ3n) is 6.33. The lowest BCUT2D eigenvalue weighted by Crippen LogP contribution is -2.56. The molecule has 3 atom stereocenters. The van der Waals surface area contributed by atoms with Crippen molar-refractivity contribution in [2.45, 2.75) is 38.5 Å². The third-order valence-corrected chi connectivity index (χ3v) is 6.64. The smallest absolute Gasteiger partial charge is 0.248 e. The molecule has 2 aromatic rings. The lowest BCUT2D eigenvalue weighted by Gasteiger charge is -2.46. The molecule has 6 heteroatoms. The van der Waals surface area contributed by atoms with Crippen molar-refractivity contribution < 1.29 is 9.90 Å². The number of rotatable bonds is 7. The molecular weight excluding hydrogens is 386 g/mol. The molecular formula is C23H31ClN3O2+. The number of β-amino-alcohol motifs (C(OH)–C–C–N with tert-alkyl or cyclic N) is 1. The van der Waals surface area contributed by atoms with Gasteiger partial charge in [0, 0.05) is 30.3 Å². The van der Waals surface area contributed by atoms with Crippen LogP contribution >= 0.6 is 11.6 Å². The maximum absolute atomic E-state index is 11.6. The van der Waals surface area contributed by atoms with E-state index in [1.54, 1.807) is 12.1 Å². The first-order chi connectivity index (χ1) is 13.7. The predicted molar refractivity (Wildman–Crippen MR) is 119 cm³/mol. The number of primary amides is 1. The number of aliphatic hydroxyl groups excluding tert-OH is 1. The minimum atomic E-state index is -0.483. The molecule has 2 aromatic carbocycles. The van der Waals surface area contributed by atoms with Gasteiger partial charge in [0.25, 0.3) is 0 Å². The normalized spacial score (nSPS) is 20.6. The number of hydrogen-bond acceptors (Lipinski definition) is 3. The third kappa shape index (κ3) is 4.48. The van der Waals surface area contributed by atoms with Crippen molar-refractivity contribution in [2.24, 2.45) is 5.73 Å². The Balaban J connectivity index is 2.09. The molecule has 1 unspecified atom stereocenters. The van der Waals surface area contributed by atoms with Gasteiger partial charge in [0.1, 0.15) is 11.1 Å². The number of quaternary nitrogens is 1. The summed E-state index contributed by atoms with van der Waals surface area (Å²) in [6.45, 7) is 6.76. The lowest BCUT2D eigenvalue weighted by atomic mass is 9.98. The first-order valence-corrected chi connectivity index (χ1v) is 10.5. The van der Waals surface area contributed by atoms with Crippen LogP contribution in [0.15, 0.2) is 48.5 Å². The average molecular weight is 417 g/mol. The summed E-state index contributed by atoms with van der Waals surface area (Å²) in [7, 11) is 2.19. The highest BCUT2D eigenvalue weighted by atomic mass is 35.5. The summed E-state index contributed by atoms with van der Waals surface area (Å²) in [6.07, 6.45) is 0.545. The molecule has 3 N–H and O–H groups in total. The molecule has 1 aliphatic heterocycles. The standard InChI is InChI=1S/C23H30ClN3O2/c1-16(2)27(3,21-10-9-18(23(25)29)13-20(21)24)22(17-7-5-4-6-8-17)15-26-12-11-19(28)14-26/h4-10,13,16,19,22,28H,11-12,14-15H2,1-3H3,(H-,25,29)/p+1/t19-,22+,27?/m0/s1. The summed E-state index contributed by atoms with van der Waals surface area (Å²) in [4.78, 5) is 13.9. The first kappa shape index (κ1) is 21.8. The second-order valence-corrected chi connectivity index (χ2v) is 8.81. The molecule has 0 aliphatic carbocycles. The Morgan fingerprint density at radius 2 is 1.97 bits per heavy atom. The zero-order valence-electron chi connectivity index (χ0n) is 17.4. The molecule has 1 saturated heterocycles. The lowest BCUT2D eigenvalue weighted by molar-refractivity contribution is 0.1000. The van der Waals surface area contributed by atoms with Gasteiger partial charge in [-0.25, -0.2) is 0 Å². The van der Waals surface area contributed by atoms with E-state index in [2.05, 4.69) is 50.1 Å². The zero-order chi connectivity index (χ0) is 21.2. The maximum Gasteiger partial charge on any atom is 0.248 e. The van der Waals surface area contributed by atoms with E-state index < -0.39 is 5.91 Å². The van der Waals surface area contributed by atoms with Gasteiger partial charge < -0.3 is 10.8 Å². The summed E-state index contributed by atoms with van der Waals surface area (Å²) < 4.78 is 0.578. The van der Waals surface area contributed by atoms with E-state index in [4.69, 9.17) is 17.3 Å². The maximum atomic E-state index is 11.6. The minimum Gasteiger partial charge on any atom is -0.392 e. The Labute approximate surface area is 178 Å². The summed E-state index contributed by atoms with van der Waals surface area (Å²) in [5.74, 6) is -0.483. The fourth-order valence-electron chi connectivity index (χ4n) is 4.34. The van der Waals surface area contributed by atoms with E-state index in [9.17, 15) is 9.90 Å². The van der Waals surface area contributed by atoms with Crippen molar-refractivity contribution in [1.29, 1.82) is 0 Å². The van der Waals surface area contributed by atoms with Crippen LogP contribution in [0.2, 0.25) is 5.02 Å². The van der Waals surface area contributed by atoms with Gasteiger partial charge in [-0.2, -0.15) is 0 Å². The molecule has 0 aromatic heterocycles. The number of carbonyl (C=O) groups is 1. The van der Waals surface area contributed by atoms with Crippen molar-refractivity contribution >= 4 is 23.2 Å². The number of benzene rings is 2. The largest absolute Gasteiger partial charge is 0.392 e. The topological polar surface area (TPSA) is 66.6 Å². The number of nitrogens with zero attached hydrogens (tertiary/aromatic N) is 2. The summed E-state index contributed by atoms with van der Waals surface area (Å²) in [6, 6.07) is 16.1. The molecule has 0 radical (unpaired) electrons. The molecule has 156 valence electrons. The number of likely N-dealkylation sites (N-methyl/N-ethyl adjacent to an activating group) is 1. The second kappa shape index (κ2) is 8.84. The van der Waals surface area contributed by atoms with E-state index in [1.807, 2.05) is 12.1 Å². The van der Waals surface area contributed by atoms with E-state index in [1.165, 1.54) is 5.56 Å². The Morgan fingerprint density at radius 1 is 1.28 bits per heavy atom. The molecule has 5 nitrogen and oxygen atoms in total. The van der Waals surface area contributed by atoms with E-state index >= 15 is 0 Å². The van der Waals surface area contributed by atoms with Crippen LogP contribution in [0.4, 0.5) is 5.69 Å². The SMILES string of the molecule is CC(C)[N+](C)(c1ccc(C(N)=O)cc1Cl)[C@H](CN1CC[C@H](O)C1)c1ccccc1. The highest BCUT2D eigenvalue weighted by Gasteiger charge is 2.42. The molecule has 1 heterocycles. The Morgan fingerprint density at radius 3 is 2.48 bits per heavy atom. The zero-order valence-corrected chi connectivity index (χ0v) is 18.1. The van der Waals surface area contributed by atoms with Crippen LogP contribution < -0.4 is 10.2 Å². The van der Waals surface area contributed by atoms with Crippen molar-refractivity contribution in [3.8, 4) is 0 Å². The fourth-order valence-corrected chi connectivity index (χ4v) is 4.70. The van der Waals surface area contributed by atoms with Crippen molar-refractivity contribution in [2.75, 3.05) is 26.7 Å². The van der Waals surface area contributed by atoms with Gasteiger partial charge in [-0.3, -0.25) is 14.2 Å².